The van der Waals surface area contributed by atoms with Crippen molar-refractivity contribution in [1.29, 1.82) is 0 Å². The van der Waals surface area contributed by atoms with Gasteiger partial charge in [0, 0.05) is 26.9 Å². The number of phenols is 1. The van der Waals surface area contributed by atoms with E-state index in [4.69, 9.17) is 19.6 Å². The van der Waals surface area contributed by atoms with Crippen LogP contribution in [0.15, 0.2) is 128 Å². The number of aromatic hydroxyl groups is 1. The molecular formula is C56H57N3O. The van der Waals surface area contributed by atoms with Gasteiger partial charge < -0.3 is 5.11 Å². The number of aromatic nitrogens is 3. The summed E-state index contributed by atoms with van der Waals surface area (Å²) in [6.07, 6.45) is 1.76. The van der Waals surface area contributed by atoms with Crippen molar-refractivity contribution in [3.05, 3.63) is 166 Å². The second-order valence-electron chi connectivity index (χ2n) is 17.7. The van der Waals surface area contributed by atoms with Crippen LogP contribution in [-0.4, -0.2) is 19.6 Å². The van der Waals surface area contributed by atoms with E-state index in [2.05, 4.69) is 65.0 Å². The van der Waals surface area contributed by atoms with Gasteiger partial charge in [-0.1, -0.05) is 127 Å². The van der Waals surface area contributed by atoms with Crippen molar-refractivity contribution in [3.63, 3.8) is 0 Å². The Morgan fingerprint density at radius 1 is 0.633 bits per heavy atom. The lowest BCUT2D eigenvalue weighted by Crippen LogP contribution is -2.11. The van der Waals surface area contributed by atoms with Gasteiger partial charge in [-0.05, 0) is 155 Å². The fraction of sp³-hybridized carbons (Fsp3) is 0.250. The first kappa shape index (κ1) is 32.6. The Hall–Kier alpha value is -6.26. The molecule has 0 saturated heterocycles. The Balaban J connectivity index is 1.37. The molecule has 302 valence electrons. The molecule has 2 heterocycles. The molecule has 4 heteroatoms. The maximum atomic E-state index is 11.8. The molecule has 2 aromatic heterocycles. The summed E-state index contributed by atoms with van der Waals surface area (Å²) in [5.41, 5.74) is 13.5. The first-order valence-electron chi connectivity index (χ1n) is 24.1. The molecule has 0 aliphatic carbocycles. The van der Waals surface area contributed by atoms with Crippen molar-refractivity contribution >= 4 is 11.0 Å². The van der Waals surface area contributed by atoms with Gasteiger partial charge in [-0.3, -0.25) is 9.55 Å². The molecular weight excluding hydrogens is 731 g/mol. The Morgan fingerprint density at radius 3 is 2.08 bits per heavy atom. The number of hydrogen-bond donors (Lipinski definition) is 1. The van der Waals surface area contributed by atoms with Crippen LogP contribution in [0.5, 0.6) is 5.75 Å². The maximum Gasteiger partial charge on any atom is 0.149 e. The zero-order valence-corrected chi connectivity index (χ0v) is 36.0. The van der Waals surface area contributed by atoms with E-state index in [1.165, 1.54) is 0 Å². The van der Waals surface area contributed by atoms with Gasteiger partial charge in [-0.15, -0.1) is 0 Å². The normalized spacial score (nSPS) is 14.3. The maximum absolute atomic E-state index is 11.8. The van der Waals surface area contributed by atoms with Gasteiger partial charge in [-0.25, -0.2) is 4.98 Å². The highest BCUT2D eigenvalue weighted by Gasteiger charge is 2.24. The van der Waals surface area contributed by atoms with Crippen molar-refractivity contribution in [2.75, 3.05) is 0 Å². The van der Waals surface area contributed by atoms with Crippen LogP contribution in [0, 0.1) is 27.6 Å². The van der Waals surface area contributed by atoms with Crippen molar-refractivity contribution in [2.24, 2.45) is 0 Å². The van der Waals surface area contributed by atoms with Gasteiger partial charge in [0.05, 0.1) is 28.0 Å². The molecule has 0 amide bonds. The van der Waals surface area contributed by atoms with Gasteiger partial charge >= 0.3 is 0 Å². The smallest absolute Gasteiger partial charge is 0.149 e. The summed E-state index contributed by atoms with van der Waals surface area (Å²) in [7, 11) is 0. The molecule has 0 atom stereocenters. The van der Waals surface area contributed by atoms with Gasteiger partial charge in [-0.2, -0.15) is 0 Å². The van der Waals surface area contributed by atoms with Crippen LogP contribution in [-0.2, 0) is 5.41 Å². The van der Waals surface area contributed by atoms with E-state index < -0.39 is 19.6 Å². The topological polar surface area (TPSA) is 50.9 Å². The van der Waals surface area contributed by atoms with Crippen molar-refractivity contribution in [1.82, 2.24) is 14.5 Å². The van der Waals surface area contributed by atoms with E-state index in [0.717, 1.165) is 66.9 Å². The van der Waals surface area contributed by atoms with E-state index in [1.807, 2.05) is 105 Å². The highest BCUT2D eigenvalue weighted by Crippen LogP contribution is 2.42. The van der Waals surface area contributed by atoms with Gasteiger partial charge in [0.25, 0.3) is 0 Å². The number of aryl methyl sites for hydroxylation is 4. The van der Waals surface area contributed by atoms with Crippen LogP contribution in [0.1, 0.15) is 109 Å². The number of phenolic OH excluding ortho intramolecular Hbond substituents is 1. The summed E-state index contributed by atoms with van der Waals surface area (Å²) in [5, 5.41) is 11.8. The van der Waals surface area contributed by atoms with Crippen LogP contribution < -0.4 is 0 Å². The monoisotopic (exact) mass is 794 g/mol. The number of fused-ring (bicyclic) bond motifs is 1. The Kier molecular flexibility index (Phi) is 8.54. The van der Waals surface area contributed by atoms with E-state index in [9.17, 15) is 5.11 Å². The minimum absolute atomic E-state index is 0.0582. The molecule has 8 aromatic rings. The summed E-state index contributed by atoms with van der Waals surface area (Å²) in [6.45, 7) is 13.5. The highest BCUT2D eigenvalue weighted by molar-refractivity contribution is 5.97. The molecule has 0 aliphatic heterocycles. The Bertz CT molecular complexity index is 3180. The lowest BCUT2D eigenvalue weighted by atomic mass is 9.83. The third kappa shape index (κ3) is 7.79. The van der Waals surface area contributed by atoms with Crippen LogP contribution in [0.25, 0.3) is 72.7 Å². The molecule has 60 heavy (non-hydrogen) atoms. The van der Waals surface area contributed by atoms with Gasteiger partial charge in [0.15, 0.2) is 0 Å². The average Bonchev–Trinajstić information content (AvgIpc) is 3.65. The molecule has 6 aromatic carbocycles. The first-order chi connectivity index (χ1) is 31.3. The minimum Gasteiger partial charge on any atom is -0.507 e. The van der Waals surface area contributed by atoms with Crippen molar-refractivity contribution in [3.8, 4) is 67.5 Å². The summed E-state index contributed by atoms with van der Waals surface area (Å²) in [4.78, 5) is 10.2. The summed E-state index contributed by atoms with van der Waals surface area (Å²) < 4.78 is 61.2. The van der Waals surface area contributed by atoms with Crippen LogP contribution in [0.2, 0.25) is 0 Å². The molecule has 0 bridgehead atoms. The molecule has 0 saturated carbocycles. The standard InChI is InChI=1S/C56H57N3O/c1-33(2)42-26-43(34(3)4)28-44(27-42)40-19-20-51(37(7)25-40)59-52-14-12-13-48(53(52)58-55(59)49-24-36(6)23-38(8)54(49)60)45-29-46(31-47(30-45)56(9,10)11)50-32-41(21-22-57-50)39-17-15-35(5)16-18-39/h12-34,60H,1-11H3/i5D3,7D3,33D. The molecule has 0 fully saturated rings. The van der Waals surface area contributed by atoms with Gasteiger partial charge in [0.1, 0.15) is 11.6 Å². The Labute approximate surface area is 366 Å². The van der Waals surface area contributed by atoms with E-state index >= 15 is 0 Å². The van der Waals surface area contributed by atoms with Crippen LogP contribution in [0.4, 0.5) is 0 Å². The van der Waals surface area contributed by atoms with E-state index in [-0.39, 0.29) is 28.2 Å². The fourth-order valence-corrected chi connectivity index (χ4v) is 8.03. The minimum atomic E-state index is -2.55. The third-order valence-corrected chi connectivity index (χ3v) is 11.5. The molecule has 4 nitrogen and oxygen atoms in total. The number of para-hydroxylation sites is 1. The summed E-state index contributed by atoms with van der Waals surface area (Å²) >= 11 is 0. The fourth-order valence-electron chi connectivity index (χ4n) is 8.03. The second-order valence-corrected chi connectivity index (χ2v) is 17.7. The molecule has 0 aliphatic rings. The van der Waals surface area contributed by atoms with Crippen LogP contribution in [0.3, 0.4) is 0 Å². The quantitative estimate of drug-likeness (QED) is 0.167. The highest BCUT2D eigenvalue weighted by atomic mass is 16.3. The van der Waals surface area contributed by atoms with Crippen LogP contribution >= 0.6 is 0 Å². The zero-order valence-electron chi connectivity index (χ0n) is 43.0. The first-order valence-corrected chi connectivity index (χ1v) is 20.6. The molecule has 8 rings (SSSR count). The number of imidazole rings is 1. The molecule has 0 radical (unpaired) electrons. The number of hydrogen-bond acceptors (Lipinski definition) is 3. The molecule has 1 N–H and O–H groups in total. The van der Waals surface area contributed by atoms with E-state index in [0.29, 0.717) is 33.7 Å². The molecule has 0 unspecified atom stereocenters. The SMILES string of the molecule is [2H]C([2H])([2H])c1ccc(-c2ccnc(-c3cc(-c4cccc5c4nc(-c4cc(C)cc(C)c4O)n5-c4ccc(-c5cc(C(C)C)cc(C([2H])(C)C)c5)cc4C([2H])([2H])[2H])cc(C(C)(C)C)c3)c2)cc1. The lowest BCUT2D eigenvalue weighted by Gasteiger charge is -2.22. The predicted molar refractivity (Wildman–Crippen MR) is 254 cm³/mol. The second kappa shape index (κ2) is 15.7. The summed E-state index contributed by atoms with van der Waals surface area (Å²) in [6, 6.07) is 38.7. The van der Waals surface area contributed by atoms with Crippen molar-refractivity contribution in [2.45, 2.75) is 93.2 Å². The number of nitrogens with zero attached hydrogens (tertiary/aromatic N) is 3. The predicted octanol–water partition coefficient (Wildman–Crippen LogP) is 15.2. The lowest BCUT2D eigenvalue weighted by molar-refractivity contribution is 0.472. The van der Waals surface area contributed by atoms with Gasteiger partial charge in [0.2, 0.25) is 0 Å². The van der Waals surface area contributed by atoms with Crippen molar-refractivity contribution < 1.29 is 14.7 Å². The number of benzene rings is 6. The number of rotatable bonds is 8. The molecule has 0 spiro atoms. The average molecular weight is 795 g/mol. The zero-order chi connectivity index (χ0) is 48.5. The van der Waals surface area contributed by atoms with E-state index in [1.54, 1.807) is 24.4 Å². The largest absolute Gasteiger partial charge is 0.507 e. The number of pyridine rings is 1. The Morgan fingerprint density at radius 2 is 1.37 bits per heavy atom. The summed E-state index contributed by atoms with van der Waals surface area (Å²) in [5.74, 6) is -0.217. The third-order valence-electron chi connectivity index (χ3n) is 11.5.